The topological polar surface area (TPSA) is 80.3 Å². The lowest BCUT2D eigenvalue weighted by molar-refractivity contribution is -0.274. The Bertz CT molecular complexity index is 1050. The molecule has 1 heterocycles. The number of aryl methyl sites for hydroxylation is 1. The summed E-state index contributed by atoms with van der Waals surface area (Å²) in [7, 11) is 0. The highest BCUT2D eigenvalue weighted by atomic mass is 32.1. The molecule has 3 rings (SSSR count). The second-order valence-electron chi connectivity index (χ2n) is 6.11. The molecule has 0 saturated heterocycles. The van der Waals surface area contributed by atoms with Crippen LogP contribution >= 0.6 is 11.3 Å². The van der Waals surface area contributed by atoms with E-state index in [0.29, 0.717) is 5.69 Å². The first-order chi connectivity index (χ1) is 14.2. The predicted molar refractivity (Wildman–Crippen MR) is 105 cm³/mol. The summed E-state index contributed by atoms with van der Waals surface area (Å²) in [6.45, 7) is 1.83. The molecule has 3 aromatic rings. The zero-order chi connectivity index (χ0) is 21.7. The average molecular weight is 435 g/mol. The summed E-state index contributed by atoms with van der Waals surface area (Å²) in [6, 6.07) is 14.3. The molecule has 0 fully saturated rings. The molecular weight excluding hydrogens is 419 g/mol. The van der Waals surface area contributed by atoms with Gasteiger partial charge in [0.25, 0.3) is 5.91 Å². The molecule has 0 aliphatic carbocycles. The number of carbonyl (C=O) groups excluding carboxylic acids is 2. The fraction of sp³-hybridized carbons (Fsp3) is 0.150. The zero-order valence-corrected chi connectivity index (χ0v) is 16.4. The number of carbonyl (C=O) groups is 2. The molecule has 10 heteroatoms. The molecule has 0 radical (unpaired) electrons. The van der Waals surface area contributed by atoms with Crippen molar-refractivity contribution in [3.8, 4) is 16.3 Å². The van der Waals surface area contributed by atoms with Crippen molar-refractivity contribution in [1.29, 1.82) is 0 Å². The molecule has 1 aromatic heterocycles. The van der Waals surface area contributed by atoms with Crippen LogP contribution in [0.3, 0.4) is 0 Å². The van der Waals surface area contributed by atoms with Gasteiger partial charge in [-0.15, -0.1) is 24.5 Å². The van der Waals surface area contributed by atoms with E-state index >= 15 is 0 Å². The Hall–Kier alpha value is -3.40. The molecular formula is C20H16F3N3O3S. The minimum absolute atomic E-state index is 0.101. The van der Waals surface area contributed by atoms with E-state index in [1.165, 1.54) is 23.5 Å². The SMILES string of the molecule is Cc1sc(-c2ccccc2)nc1CC(=O)NNC(=O)c1ccccc1OC(F)(F)F. The van der Waals surface area contributed by atoms with Crippen molar-refractivity contribution in [3.63, 3.8) is 0 Å². The summed E-state index contributed by atoms with van der Waals surface area (Å²) >= 11 is 1.44. The summed E-state index contributed by atoms with van der Waals surface area (Å²) in [6.07, 6.45) is -5.05. The van der Waals surface area contributed by atoms with E-state index in [9.17, 15) is 22.8 Å². The van der Waals surface area contributed by atoms with Gasteiger partial charge in [0.1, 0.15) is 10.8 Å². The van der Waals surface area contributed by atoms with E-state index in [1.54, 1.807) is 0 Å². The zero-order valence-electron chi connectivity index (χ0n) is 15.6. The number of halogens is 3. The maximum absolute atomic E-state index is 12.5. The van der Waals surface area contributed by atoms with Crippen molar-refractivity contribution in [2.24, 2.45) is 0 Å². The number of hydrogen-bond donors (Lipinski definition) is 2. The lowest BCUT2D eigenvalue weighted by atomic mass is 10.2. The molecule has 30 heavy (non-hydrogen) atoms. The Morgan fingerprint density at radius 2 is 1.70 bits per heavy atom. The van der Waals surface area contributed by atoms with Crippen LogP contribution in [0.2, 0.25) is 0 Å². The maximum atomic E-state index is 12.5. The summed E-state index contributed by atoms with van der Waals surface area (Å²) in [5.74, 6) is -2.17. The molecule has 6 nitrogen and oxygen atoms in total. The van der Waals surface area contributed by atoms with Gasteiger partial charge in [0, 0.05) is 10.4 Å². The van der Waals surface area contributed by atoms with Gasteiger partial charge in [-0.25, -0.2) is 4.98 Å². The van der Waals surface area contributed by atoms with Crippen LogP contribution in [0.15, 0.2) is 54.6 Å². The van der Waals surface area contributed by atoms with Gasteiger partial charge in [0.15, 0.2) is 0 Å². The number of rotatable bonds is 5. The van der Waals surface area contributed by atoms with Crippen LogP contribution in [0, 0.1) is 6.92 Å². The van der Waals surface area contributed by atoms with Crippen LogP contribution < -0.4 is 15.6 Å². The normalized spacial score (nSPS) is 11.1. The first kappa shape index (κ1) is 21.3. The van der Waals surface area contributed by atoms with Crippen LogP contribution in [0.1, 0.15) is 20.9 Å². The van der Waals surface area contributed by atoms with Gasteiger partial charge in [-0.05, 0) is 19.1 Å². The molecule has 0 atom stereocenters. The van der Waals surface area contributed by atoms with Crippen LogP contribution in [0.25, 0.3) is 10.6 Å². The number of ether oxygens (including phenoxy) is 1. The van der Waals surface area contributed by atoms with E-state index in [0.717, 1.165) is 27.6 Å². The number of amides is 2. The smallest absolute Gasteiger partial charge is 0.405 e. The number of alkyl halides is 3. The van der Waals surface area contributed by atoms with Crippen molar-refractivity contribution in [3.05, 3.63) is 70.7 Å². The standard InChI is InChI=1S/C20H16F3N3O3S/c1-12-15(24-19(30-12)13-7-3-2-4-8-13)11-17(27)25-26-18(28)14-9-5-6-10-16(14)29-20(21,22)23/h2-10H,11H2,1H3,(H,25,27)(H,26,28). The highest BCUT2D eigenvalue weighted by molar-refractivity contribution is 7.15. The number of nitrogens with one attached hydrogen (secondary N) is 2. The first-order valence-electron chi connectivity index (χ1n) is 8.68. The molecule has 2 N–H and O–H groups in total. The molecule has 0 aliphatic heterocycles. The minimum atomic E-state index is -4.95. The molecule has 2 amide bonds. The molecule has 0 spiro atoms. The van der Waals surface area contributed by atoms with Crippen LogP contribution in [-0.4, -0.2) is 23.2 Å². The number of thiazole rings is 1. The number of para-hydroxylation sites is 1. The van der Waals surface area contributed by atoms with Crippen molar-refractivity contribution in [1.82, 2.24) is 15.8 Å². The second kappa shape index (κ2) is 8.95. The van der Waals surface area contributed by atoms with Gasteiger partial charge in [-0.1, -0.05) is 42.5 Å². The van der Waals surface area contributed by atoms with Crippen molar-refractivity contribution >= 4 is 23.2 Å². The molecule has 0 unspecified atom stereocenters. The summed E-state index contributed by atoms with van der Waals surface area (Å²) in [5, 5.41) is 0.762. The molecule has 0 bridgehead atoms. The number of hydrogen-bond acceptors (Lipinski definition) is 5. The third kappa shape index (κ3) is 5.57. The van der Waals surface area contributed by atoms with Gasteiger partial charge in [0.2, 0.25) is 5.91 Å². The Balaban J connectivity index is 1.62. The van der Waals surface area contributed by atoms with Gasteiger partial charge in [-0.2, -0.15) is 0 Å². The molecule has 0 saturated carbocycles. The number of benzene rings is 2. The molecule has 156 valence electrons. The lowest BCUT2D eigenvalue weighted by Crippen LogP contribution is -2.42. The summed E-state index contributed by atoms with van der Waals surface area (Å²) < 4.78 is 41.3. The highest BCUT2D eigenvalue weighted by Gasteiger charge is 2.32. The first-order valence-corrected chi connectivity index (χ1v) is 9.50. The van der Waals surface area contributed by atoms with E-state index in [-0.39, 0.29) is 12.0 Å². The lowest BCUT2D eigenvalue weighted by Gasteiger charge is -2.13. The summed E-state index contributed by atoms with van der Waals surface area (Å²) in [4.78, 5) is 29.7. The Kier molecular flexibility index (Phi) is 6.36. The monoisotopic (exact) mass is 435 g/mol. The van der Waals surface area contributed by atoms with Crippen molar-refractivity contribution in [2.45, 2.75) is 19.7 Å². The Morgan fingerprint density at radius 3 is 2.40 bits per heavy atom. The van der Waals surface area contributed by atoms with E-state index in [2.05, 4.69) is 20.6 Å². The van der Waals surface area contributed by atoms with Gasteiger partial charge in [0.05, 0.1) is 17.7 Å². The van der Waals surface area contributed by atoms with E-state index in [4.69, 9.17) is 0 Å². The molecule has 0 aliphatic rings. The van der Waals surface area contributed by atoms with Crippen LogP contribution in [-0.2, 0) is 11.2 Å². The third-order valence-corrected chi connectivity index (χ3v) is 4.98. The van der Waals surface area contributed by atoms with Crippen LogP contribution in [0.5, 0.6) is 5.75 Å². The fourth-order valence-electron chi connectivity index (χ4n) is 2.55. The average Bonchev–Trinajstić information content (AvgIpc) is 3.06. The van der Waals surface area contributed by atoms with Gasteiger partial charge >= 0.3 is 6.36 Å². The maximum Gasteiger partial charge on any atom is 0.573 e. The van der Waals surface area contributed by atoms with Crippen molar-refractivity contribution in [2.75, 3.05) is 0 Å². The van der Waals surface area contributed by atoms with E-state index < -0.39 is 23.9 Å². The predicted octanol–water partition coefficient (Wildman–Crippen LogP) is 4.02. The fourth-order valence-corrected chi connectivity index (χ4v) is 3.49. The Morgan fingerprint density at radius 1 is 1.03 bits per heavy atom. The summed E-state index contributed by atoms with van der Waals surface area (Å²) in [5.41, 5.74) is 5.38. The Labute approximate surface area is 173 Å². The largest absolute Gasteiger partial charge is 0.573 e. The van der Waals surface area contributed by atoms with Gasteiger partial charge < -0.3 is 4.74 Å². The number of hydrazine groups is 1. The minimum Gasteiger partial charge on any atom is -0.405 e. The third-order valence-electron chi connectivity index (χ3n) is 3.91. The van der Waals surface area contributed by atoms with Gasteiger partial charge in [-0.3, -0.25) is 20.4 Å². The molecule has 2 aromatic carbocycles. The number of nitrogens with zero attached hydrogens (tertiary/aromatic N) is 1. The second-order valence-corrected chi connectivity index (χ2v) is 7.31. The van der Waals surface area contributed by atoms with Crippen LogP contribution in [0.4, 0.5) is 13.2 Å². The quantitative estimate of drug-likeness (QED) is 0.594. The van der Waals surface area contributed by atoms with E-state index in [1.807, 2.05) is 37.3 Å². The van der Waals surface area contributed by atoms with Crippen molar-refractivity contribution < 1.29 is 27.5 Å². The number of aromatic nitrogens is 1. The highest BCUT2D eigenvalue weighted by Crippen LogP contribution is 2.28.